The maximum absolute atomic E-state index is 13.7. The molecule has 1 atom stereocenters. The van der Waals surface area contributed by atoms with Gasteiger partial charge in [0.1, 0.15) is 23.9 Å². The van der Waals surface area contributed by atoms with Crippen molar-refractivity contribution in [3.05, 3.63) is 125 Å². The fraction of sp³-hybridized carbons (Fsp3) is 0.200. The molecule has 0 saturated heterocycles. The Labute approximate surface area is 200 Å². The molecule has 172 valence electrons. The van der Waals surface area contributed by atoms with E-state index in [-0.39, 0.29) is 5.82 Å². The van der Waals surface area contributed by atoms with Gasteiger partial charge in [-0.25, -0.2) is 4.39 Å². The molecular formula is C30H28FNO2. The smallest absolute Gasteiger partial charge is 0.123 e. The van der Waals surface area contributed by atoms with E-state index in [9.17, 15) is 4.39 Å². The van der Waals surface area contributed by atoms with Crippen LogP contribution in [-0.2, 0) is 18.6 Å². The van der Waals surface area contributed by atoms with Crippen LogP contribution in [0.1, 0.15) is 29.2 Å². The molecule has 1 heterocycles. The highest BCUT2D eigenvalue weighted by molar-refractivity contribution is 5.60. The van der Waals surface area contributed by atoms with Gasteiger partial charge in [-0.3, -0.25) is 0 Å². The zero-order chi connectivity index (χ0) is 23.5. The largest absolute Gasteiger partial charge is 0.497 e. The maximum atomic E-state index is 13.7. The Hall–Kier alpha value is -3.79. The Morgan fingerprint density at radius 2 is 1.56 bits per heavy atom. The summed E-state index contributed by atoms with van der Waals surface area (Å²) in [5.41, 5.74) is 5.34. The van der Waals surface area contributed by atoms with E-state index in [2.05, 4.69) is 48.2 Å². The molecule has 4 aromatic carbocycles. The molecule has 4 aromatic rings. The summed E-state index contributed by atoms with van der Waals surface area (Å²) in [4.78, 5) is 2.36. The second-order valence-electron chi connectivity index (χ2n) is 8.77. The zero-order valence-electron chi connectivity index (χ0n) is 19.5. The number of anilines is 1. The lowest BCUT2D eigenvalue weighted by Gasteiger charge is -2.48. The Kier molecular flexibility index (Phi) is 5.97. The van der Waals surface area contributed by atoms with Crippen molar-refractivity contribution in [2.45, 2.75) is 25.5 Å². The van der Waals surface area contributed by atoms with E-state index in [1.807, 2.05) is 48.5 Å². The van der Waals surface area contributed by atoms with Crippen LogP contribution in [0.25, 0.3) is 0 Å². The van der Waals surface area contributed by atoms with Gasteiger partial charge in [-0.05, 0) is 84.1 Å². The van der Waals surface area contributed by atoms with Gasteiger partial charge in [0.2, 0.25) is 0 Å². The third-order valence-corrected chi connectivity index (χ3v) is 6.78. The third kappa shape index (κ3) is 4.12. The molecular weight excluding hydrogens is 425 g/mol. The van der Waals surface area contributed by atoms with Crippen molar-refractivity contribution in [1.82, 2.24) is 0 Å². The van der Waals surface area contributed by atoms with E-state index in [4.69, 9.17) is 9.47 Å². The summed E-state index contributed by atoms with van der Waals surface area (Å²) in [5.74, 6) is 1.46. The van der Waals surface area contributed by atoms with Crippen LogP contribution in [-0.4, -0.2) is 13.7 Å². The molecule has 34 heavy (non-hydrogen) atoms. The number of nitrogens with zero attached hydrogens (tertiary/aromatic N) is 1. The molecule has 0 aliphatic carbocycles. The van der Waals surface area contributed by atoms with Crippen LogP contribution in [0.2, 0.25) is 0 Å². The number of ether oxygens (including phenoxy) is 2. The summed E-state index contributed by atoms with van der Waals surface area (Å²) >= 11 is 0. The molecule has 0 N–H and O–H groups in total. The van der Waals surface area contributed by atoms with Crippen LogP contribution in [0.3, 0.4) is 0 Å². The topological polar surface area (TPSA) is 21.7 Å². The lowest BCUT2D eigenvalue weighted by molar-refractivity contribution is 0.306. The van der Waals surface area contributed by atoms with E-state index in [0.29, 0.717) is 6.61 Å². The average molecular weight is 454 g/mol. The highest BCUT2D eigenvalue weighted by Gasteiger charge is 2.40. The first-order valence-corrected chi connectivity index (χ1v) is 11.6. The Morgan fingerprint density at radius 3 is 2.26 bits per heavy atom. The van der Waals surface area contributed by atoms with Crippen molar-refractivity contribution in [3.8, 4) is 11.5 Å². The monoisotopic (exact) mass is 453 g/mol. The molecule has 0 saturated carbocycles. The van der Waals surface area contributed by atoms with Crippen LogP contribution < -0.4 is 14.4 Å². The number of hydrogen-bond donors (Lipinski definition) is 0. The second kappa shape index (κ2) is 9.22. The minimum absolute atomic E-state index is 0.229. The summed E-state index contributed by atoms with van der Waals surface area (Å²) in [6, 6.07) is 31.6. The first kappa shape index (κ1) is 22.0. The van der Waals surface area contributed by atoms with E-state index in [0.717, 1.165) is 41.3 Å². The Balaban J connectivity index is 1.51. The highest BCUT2D eigenvalue weighted by Crippen LogP contribution is 2.44. The Bertz CT molecular complexity index is 1260. The molecule has 0 fully saturated rings. The van der Waals surface area contributed by atoms with Crippen molar-refractivity contribution >= 4 is 5.69 Å². The summed E-state index contributed by atoms with van der Waals surface area (Å²) in [6.45, 7) is 3.58. The number of hydrogen-bond acceptors (Lipinski definition) is 3. The highest BCUT2D eigenvalue weighted by atomic mass is 19.1. The zero-order valence-corrected chi connectivity index (χ0v) is 19.5. The van der Waals surface area contributed by atoms with Gasteiger partial charge >= 0.3 is 0 Å². The SMILES string of the molecule is COc1ccc2c(c1)CCN(c1ccc(F)cc1)C2(C)c1ccc(OCc2ccccc2)cc1. The van der Waals surface area contributed by atoms with Gasteiger partial charge in [-0.1, -0.05) is 48.5 Å². The Morgan fingerprint density at radius 1 is 0.853 bits per heavy atom. The molecule has 4 heteroatoms. The molecule has 3 nitrogen and oxygen atoms in total. The first-order chi connectivity index (χ1) is 16.6. The van der Waals surface area contributed by atoms with Crippen LogP contribution in [0.5, 0.6) is 11.5 Å². The predicted molar refractivity (Wildman–Crippen MR) is 134 cm³/mol. The molecule has 0 amide bonds. The molecule has 1 aliphatic rings. The maximum Gasteiger partial charge on any atom is 0.123 e. The standard InChI is InChI=1S/C30H28FNO2/c1-30(24-8-14-27(15-9-24)34-21-22-6-4-3-5-7-22)29-17-16-28(33-2)20-23(29)18-19-32(30)26-12-10-25(31)11-13-26/h3-17,20H,18-19,21H2,1-2H3. The number of fused-ring (bicyclic) bond motifs is 1. The molecule has 5 rings (SSSR count). The lowest BCUT2D eigenvalue weighted by Crippen LogP contribution is -2.49. The second-order valence-corrected chi connectivity index (χ2v) is 8.77. The summed E-state index contributed by atoms with van der Waals surface area (Å²) in [5, 5.41) is 0. The normalized spacial score (nSPS) is 17.2. The minimum Gasteiger partial charge on any atom is -0.497 e. The van der Waals surface area contributed by atoms with E-state index in [1.165, 1.54) is 23.3 Å². The van der Waals surface area contributed by atoms with Gasteiger partial charge in [-0.2, -0.15) is 0 Å². The third-order valence-electron chi connectivity index (χ3n) is 6.78. The van der Waals surface area contributed by atoms with Crippen molar-refractivity contribution in [3.63, 3.8) is 0 Å². The molecule has 0 radical (unpaired) electrons. The fourth-order valence-electron chi connectivity index (χ4n) is 4.92. The van der Waals surface area contributed by atoms with Crippen LogP contribution >= 0.6 is 0 Å². The molecule has 0 aromatic heterocycles. The fourth-order valence-corrected chi connectivity index (χ4v) is 4.92. The van der Waals surface area contributed by atoms with E-state index < -0.39 is 5.54 Å². The summed E-state index contributed by atoms with van der Waals surface area (Å²) in [6.07, 6.45) is 0.887. The number of halogens is 1. The predicted octanol–water partition coefficient (Wildman–Crippen LogP) is 6.74. The van der Waals surface area contributed by atoms with Crippen LogP contribution in [0.4, 0.5) is 10.1 Å². The minimum atomic E-state index is -0.435. The van der Waals surface area contributed by atoms with Crippen molar-refractivity contribution < 1.29 is 13.9 Å². The van der Waals surface area contributed by atoms with E-state index >= 15 is 0 Å². The van der Waals surface area contributed by atoms with Crippen molar-refractivity contribution in [2.24, 2.45) is 0 Å². The van der Waals surface area contributed by atoms with Gasteiger partial charge in [0.05, 0.1) is 12.6 Å². The van der Waals surface area contributed by atoms with Gasteiger partial charge in [0, 0.05) is 12.2 Å². The molecule has 1 aliphatic heterocycles. The van der Waals surface area contributed by atoms with Gasteiger partial charge < -0.3 is 14.4 Å². The van der Waals surface area contributed by atoms with Crippen molar-refractivity contribution in [1.29, 1.82) is 0 Å². The molecule has 0 bridgehead atoms. The van der Waals surface area contributed by atoms with Crippen molar-refractivity contribution in [2.75, 3.05) is 18.6 Å². The average Bonchev–Trinajstić information content (AvgIpc) is 2.89. The molecule has 1 unspecified atom stereocenters. The number of methoxy groups -OCH3 is 1. The van der Waals surface area contributed by atoms with Gasteiger partial charge in [0.25, 0.3) is 0 Å². The number of rotatable bonds is 6. The quantitative estimate of drug-likeness (QED) is 0.323. The first-order valence-electron chi connectivity index (χ1n) is 11.6. The van der Waals surface area contributed by atoms with Crippen LogP contribution in [0, 0.1) is 5.82 Å². The van der Waals surface area contributed by atoms with Gasteiger partial charge in [0.15, 0.2) is 0 Å². The number of benzene rings is 4. The van der Waals surface area contributed by atoms with Gasteiger partial charge in [-0.15, -0.1) is 0 Å². The summed E-state index contributed by atoms with van der Waals surface area (Å²) < 4.78 is 25.2. The summed E-state index contributed by atoms with van der Waals surface area (Å²) in [7, 11) is 1.70. The van der Waals surface area contributed by atoms with E-state index in [1.54, 1.807) is 7.11 Å². The molecule has 0 spiro atoms. The van der Waals surface area contributed by atoms with Crippen LogP contribution in [0.15, 0.2) is 97.1 Å². The lowest BCUT2D eigenvalue weighted by atomic mass is 9.76.